The number of rotatable bonds is 1. The average molecular weight is 243 g/mol. The van der Waals surface area contributed by atoms with Crippen LogP contribution in [0.3, 0.4) is 0 Å². The van der Waals surface area contributed by atoms with Crippen LogP contribution in [0.1, 0.15) is 25.7 Å². The van der Waals surface area contributed by atoms with E-state index in [1.165, 1.54) is 0 Å². The van der Waals surface area contributed by atoms with Gasteiger partial charge in [0, 0.05) is 25.2 Å². The van der Waals surface area contributed by atoms with Gasteiger partial charge in [0.25, 0.3) is 0 Å². The largest absolute Gasteiger partial charge is 0.393 e. The summed E-state index contributed by atoms with van der Waals surface area (Å²) in [6, 6.07) is 1.18. The second kappa shape index (κ2) is 6.13. The van der Waals surface area contributed by atoms with E-state index in [1.807, 2.05) is 0 Å². The van der Waals surface area contributed by atoms with E-state index in [0.29, 0.717) is 6.04 Å². The Balaban J connectivity index is 0.000000845. The van der Waals surface area contributed by atoms with Crippen LogP contribution in [0.2, 0.25) is 0 Å². The Labute approximate surface area is 97.8 Å². The molecule has 0 aromatic rings. The molecule has 3 nitrogen and oxygen atoms in total. The Morgan fingerprint density at radius 2 is 1.57 bits per heavy atom. The van der Waals surface area contributed by atoms with E-state index in [0.717, 1.165) is 44.8 Å². The molecule has 0 bridgehead atoms. The number of halogens is 2. The summed E-state index contributed by atoms with van der Waals surface area (Å²) in [6.07, 6.45) is 4.18. The number of piperidine rings is 1. The van der Waals surface area contributed by atoms with E-state index < -0.39 is 0 Å². The first-order valence-electron chi connectivity index (χ1n) is 4.93. The van der Waals surface area contributed by atoms with Gasteiger partial charge in [0.1, 0.15) is 0 Å². The van der Waals surface area contributed by atoms with Gasteiger partial charge in [-0.2, -0.15) is 0 Å². The predicted molar refractivity (Wildman–Crippen MR) is 62.3 cm³/mol. The van der Waals surface area contributed by atoms with Crippen molar-refractivity contribution in [2.45, 2.75) is 43.9 Å². The molecule has 86 valence electrons. The third-order valence-electron chi connectivity index (χ3n) is 3.17. The molecule has 0 spiro atoms. The molecule has 0 unspecified atom stereocenters. The molecule has 0 amide bonds. The number of aliphatic hydroxyl groups is 1. The van der Waals surface area contributed by atoms with Crippen molar-refractivity contribution in [3.63, 3.8) is 0 Å². The first-order valence-corrected chi connectivity index (χ1v) is 4.93. The number of nitrogens with two attached hydrogens (primary N) is 1. The van der Waals surface area contributed by atoms with E-state index in [-0.39, 0.29) is 30.9 Å². The monoisotopic (exact) mass is 242 g/mol. The van der Waals surface area contributed by atoms with Crippen molar-refractivity contribution in [3.8, 4) is 0 Å². The Morgan fingerprint density at radius 1 is 1.07 bits per heavy atom. The second-order valence-electron chi connectivity index (χ2n) is 4.15. The number of hydrogen-bond acceptors (Lipinski definition) is 3. The summed E-state index contributed by atoms with van der Waals surface area (Å²) < 4.78 is 0. The van der Waals surface area contributed by atoms with Crippen molar-refractivity contribution in [2.75, 3.05) is 13.1 Å². The van der Waals surface area contributed by atoms with Gasteiger partial charge >= 0.3 is 0 Å². The lowest BCUT2D eigenvalue weighted by Crippen LogP contribution is -2.53. The Morgan fingerprint density at radius 3 is 2.00 bits per heavy atom. The fourth-order valence-corrected chi connectivity index (χ4v) is 2.18. The molecule has 0 atom stereocenters. The fourth-order valence-electron chi connectivity index (χ4n) is 2.18. The van der Waals surface area contributed by atoms with Crippen molar-refractivity contribution in [1.29, 1.82) is 0 Å². The minimum atomic E-state index is -0.0463. The standard InChI is InChI=1S/C9H18N2O.2ClH/c10-7-5-8(6-7)11-3-1-9(12)2-4-11;;/h7-9,12H,1-6,10H2;2*1H. The molecule has 5 heteroatoms. The first kappa shape index (κ1) is 14.5. The Hall–Kier alpha value is 0.460. The Kier molecular flexibility index (Phi) is 6.33. The van der Waals surface area contributed by atoms with Gasteiger partial charge in [0.2, 0.25) is 0 Å². The molecule has 2 aliphatic rings. The summed E-state index contributed by atoms with van der Waals surface area (Å²) in [5.74, 6) is 0. The van der Waals surface area contributed by atoms with Gasteiger partial charge < -0.3 is 15.7 Å². The summed E-state index contributed by atoms with van der Waals surface area (Å²) in [7, 11) is 0. The van der Waals surface area contributed by atoms with E-state index in [9.17, 15) is 5.11 Å². The molecule has 0 aromatic heterocycles. The zero-order chi connectivity index (χ0) is 8.55. The highest BCUT2D eigenvalue weighted by Gasteiger charge is 2.32. The number of hydrogen-bond donors (Lipinski definition) is 2. The third kappa shape index (κ3) is 3.24. The van der Waals surface area contributed by atoms with E-state index in [2.05, 4.69) is 4.90 Å². The molecule has 2 fully saturated rings. The van der Waals surface area contributed by atoms with Gasteiger partial charge in [0.15, 0.2) is 0 Å². The summed E-state index contributed by atoms with van der Waals surface area (Å²) in [4.78, 5) is 2.48. The zero-order valence-corrected chi connectivity index (χ0v) is 9.90. The highest BCUT2D eigenvalue weighted by molar-refractivity contribution is 5.85. The summed E-state index contributed by atoms with van der Waals surface area (Å²) in [6.45, 7) is 2.14. The predicted octanol–water partition coefficient (Wildman–Crippen LogP) is 0.776. The summed E-state index contributed by atoms with van der Waals surface area (Å²) in [5.41, 5.74) is 5.73. The molecule has 14 heavy (non-hydrogen) atoms. The molecular formula is C9H20Cl2N2O. The van der Waals surface area contributed by atoms with E-state index in [4.69, 9.17) is 5.73 Å². The van der Waals surface area contributed by atoms with E-state index >= 15 is 0 Å². The smallest absolute Gasteiger partial charge is 0.0564 e. The van der Waals surface area contributed by atoms with Crippen LogP contribution >= 0.6 is 24.8 Å². The van der Waals surface area contributed by atoms with Gasteiger partial charge in [0.05, 0.1) is 6.10 Å². The van der Waals surface area contributed by atoms with Crippen LogP contribution in [0, 0.1) is 0 Å². The average Bonchev–Trinajstić information content (AvgIpc) is 2.01. The van der Waals surface area contributed by atoms with Crippen molar-refractivity contribution < 1.29 is 5.11 Å². The van der Waals surface area contributed by atoms with Crippen molar-refractivity contribution >= 4 is 24.8 Å². The minimum Gasteiger partial charge on any atom is -0.393 e. The zero-order valence-electron chi connectivity index (χ0n) is 8.26. The lowest BCUT2D eigenvalue weighted by atomic mass is 9.85. The van der Waals surface area contributed by atoms with Gasteiger partial charge in [-0.3, -0.25) is 0 Å². The topological polar surface area (TPSA) is 49.5 Å². The van der Waals surface area contributed by atoms with Crippen LogP contribution in [-0.4, -0.2) is 41.3 Å². The molecule has 1 aliphatic carbocycles. The molecule has 3 N–H and O–H groups in total. The van der Waals surface area contributed by atoms with Gasteiger partial charge in [-0.15, -0.1) is 24.8 Å². The second-order valence-corrected chi connectivity index (χ2v) is 4.15. The van der Waals surface area contributed by atoms with Crippen molar-refractivity contribution in [2.24, 2.45) is 5.73 Å². The maximum atomic E-state index is 9.30. The van der Waals surface area contributed by atoms with Gasteiger partial charge in [-0.05, 0) is 25.7 Å². The van der Waals surface area contributed by atoms with Crippen molar-refractivity contribution in [1.82, 2.24) is 4.90 Å². The molecule has 2 rings (SSSR count). The normalized spacial score (nSPS) is 33.9. The number of nitrogens with zero attached hydrogens (tertiary/aromatic N) is 1. The lowest BCUT2D eigenvalue weighted by molar-refractivity contribution is 0.0323. The molecule has 0 radical (unpaired) electrons. The molecule has 1 saturated carbocycles. The Bertz CT molecular complexity index is 157. The number of likely N-dealkylation sites (tertiary alicyclic amines) is 1. The highest BCUT2D eigenvalue weighted by atomic mass is 35.5. The van der Waals surface area contributed by atoms with E-state index in [1.54, 1.807) is 0 Å². The van der Waals surface area contributed by atoms with Crippen LogP contribution in [0.4, 0.5) is 0 Å². The molecule has 1 saturated heterocycles. The maximum absolute atomic E-state index is 9.30. The fraction of sp³-hybridized carbons (Fsp3) is 1.00. The minimum absolute atomic E-state index is 0. The molecule has 0 aromatic carbocycles. The highest BCUT2D eigenvalue weighted by Crippen LogP contribution is 2.26. The summed E-state index contributed by atoms with van der Waals surface area (Å²) >= 11 is 0. The lowest BCUT2D eigenvalue weighted by Gasteiger charge is -2.43. The quantitative estimate of drug-likeness (QED) is 0.715. The SMILES string of the molecule is Cl.Cl.NC1CC(N2CCC(O)CC2)C1. The van der Waals surface area contributed by atoms with Crippen molar-refractivity contribution in [3.05, 3.63) is 0 Å². The van der Waals surface area contributed by atoms with Gasteiger partial charge in [-0.1, -0.05) is 0 Å². The third-order valence-corrected chi connectivity index (χ3v) is 3.17. The first-order chi connectivity index (χ1) is 5.75. The van der Waals surface area contributed by atoms with Crippen LogP contribution in [0.15, 0.2) is 0 Å². The van der Waals surface area contributed by atoms with Crippen LogP contribution in [0.5, 0.6) is 0 Å². The molecule has 1 aliphatic heterocycles. The molecule has 1 heterocycles. The van der Waals surface area contributed by atoms with Crippen LogP contribution in [-0.2, 0) is 0 Å². The number of aliphatic hydroxyl groups excluding tert-OH is 1. The maximum Gasteiger partial charge on any atom is 0.0564 e. The summed E-state index contributed by atoms with van der Waals surface area (Å²) in [5, 5.41) is 9.30. The van der Waals surface area contributed by atoms with Crippen LogP contribution < -0.4 is 5.73 Å². The van der Waals surface area contributed by atoms with Crippen LogP contribution in [0.25, 0.3) is 0 Å². The van der Waals surface area contributed by atoms with Gasteiger partial charge in [-0.25, -0.2) is 0 Å². The molecular weight excluding hydrogens is 223 g/mol.